The molecule has 0 unspecified atom stereocenters. The molecular weight excluding hydrogens is 659 g/mol. The molecule has 0 bridgehead atoms. The minimum atomic E-state index is -0.826. The fourth-order valence-electron chi connectivity index (χ4n) is 5.40. The number of halogens is 2. The number of aryl methyl sites for hydroxylation is 4. The van der Waals surface area contributed by atoms with Gasteiger partial charge in [-0.3, -0.25) is 0 Å². The second kappa shape index (κ2) is 17.3. The zero-order chi connectivity index (χ0) is 31.5. The zero-order valence-electron chi connectivity index (χ0n) is 26.6. The zero-order valence-corrected chi connectivity index (χ0v) is 31.6. The van der Waals surface area contributed by atoms with Crippen molar-refractivity contribution in [3.63, 3.8) is 0 Å². The van der Waals surface area contributed by atoms with Crippen LogP contribution < -0.4 is 0 Å². The summed E-state index contributed by atoms with van der Waals surface area (Å²) >= 11 is -0.826. The molecule has 0 aliphatic rings. The Morgan fingerprint density at radius 2 is 1.30 bits per heavy atom. The molecule has 6 rings (SSSR count). The van der Waals surface area contributed by atoms with Crippen LogP contribution in [0.3, 0.4) is 0 Å². The van der Waals surface area contributed by atoms with Gasteiger partial charge in [-0.2, -0.15) is 12.1 Å². The van der Waals surface area contributed by atoms with Crippen molar-refractivity contribution < 1.29 is 20.8 Å². The molecule has 6 aromatic rings. The van der Waals surface area contributed by atoms with Crippen molar-refractivity contribution in [1.29, 1.82) is 0 Å². The second-order valence-corrected chi connectivity index (χ2v) is 16.0. The number of rotatable bonds is 3. The first-order valence-electron chi connectivity index (χ1n) is 14.7. The van der Waals surface area contributed by atoms with Crippen LogP contribution in [0.25, 0.3) is 43.8 Å². The van der Waals surface area contributed by atoms with Gasteiger partial charge >= 0.3 is 37.9 Å². The van der Waals surface area contributed by atoms with E-state index in [9.17, 15) is 0 Å². The Bertz CT molecular complexity index is 1730. The molecule has 43 heavy (non-hydrogen) atoms. The van der Waals surface area contributed by atoms with Crippen LogP contribution in [-0.4, -0.2) is 9.52 Å². The van der Waals surface area contributed by atoms with Gasteiger partial charge in [-0.25, -0.2) is 0 Å². The standard InChI is InChI=1S/C19H19.C18H17.C2H6Si.2ClH.Zr/c1-12-5-7-16(15(4)9-12)17-8-6-14(3)18-10-13(2)11-19(17)18;1-13(2)16-11-15-9-6-10-17(18(15)12-16)14-7-4-3-5-8-14;1-3-2;;;/h5-11H,1-4H3;3-13H,1-2H3;1-2H3;2*1H;/q2*-1;;;;+4/p-2. The molecule has 0 saturated carbocycles. The van der Waals surface area contributed by atoms with Crippen molar-refractivity contribution in [3.05, 3.63) is 131 Å². The van der Waals surface area contributed by atoms with Crippen molar-refractivity contribution in [2.45, 2.75) is 60.6 Å². The summed E-state index contributed by atoms with van der Waals surface area (Å²) in [4.78, 5) is 0. The van der Waals surface area contributed by atoms with Crippen molar-refractivity contribution in [2.24, 2.45) is 0 Å². The van der Waals surface area contributed by atoms with Crippen molar-refractivity contribution >= 4 is 48.1 Å². The van der Waals surface area contributed by atoms with Gasteiger partial charge in [-0.15, -0.1) is 68.6 Å². The molecular formula is C39H42Cl2SiZr. The van der Waals surface area contributed by atoms with Crippen molar-refractivity contribution in [1.82, 2.24) is 0 Å². The van der Waals surface area contributed by atoms with Crippen molar-refractivity contribution in [3.8, 4) is 22.3 Å². The van der Waals surface area contributed by atoms with Gasteiger partial charge < -0.3 is 0 Å². The van der Waals surface area contributed by atoms with E-state index in [4.69, 9.17) is 17.0 Å². The van der Waals surface area contributed by atoms with E-state index in [1.54, 1.807) is 0 Å². The average Bonchev–Trinajstić information content (AvgIpc) is 3.60. The molecule has 0 aliphatic heterocycles. The summed E-state index contributed by atoms with van der Waals surface area (Å²) < 4.78 is 0. The molecule has 220 valence electrons. The molecule has 2 radical (unpaired) electrons. The third-order valence-electron chi connectivity index (χ3n) is 7.45. The molecule has 0 aromatic heterocycles. The van der Waals surface area contributed by atoms with Crippen LogP contribution in [0.4, 0.5) is 0 Å². The molecule has 0 amide bonds. The first kappa shape index (κ1) is 35.3. The topological polar surface area (TPSA) is 0 Å². The Morgan fingerprint density at radius 3 is 1.93 bits per heavy atom. The van der Waals surface area contributed by atoms with Crippen LogP contribution in [0, 0.1) is 27.7 Å². The fourth-order valence-corrected chi connectivity index (χ4v) is 5.40. The van der Waals surface area contributed by atoms with Gasteiger partial charge in [-0.05, 0) is 36.5 Å². The Balaban J connectivity index is 0.000000200. The predicted molar refractivity (Wildman–Crippen MR) is 192 cm³/mol. The van der Waals surface area contributed by atoms with E-state index in [1.165, 1.54) is 71.6 Å². The van der Waals surface area contributed by atoms with E-state index in [0.29, 0.717) is 5.92 Å². The van der Waals surface area contributed by atoms with E-state index in [1.807, 2.05) is 0 Å². The summed E-state index contributed by atoms with van der Waals surface area (Å²) in [7, 11) is 11.0. The summed E-state index contributed by atoms with van der Waals surface area (Å²) in [5.74, 6) is 0.584. The van der Waals surface area contributed by atoms with Gasteiger partial charge in [0.25, 0.3) is 0 Å². The molecule has 6 aromatic carbocycles. The molecule has 0 spiro atoms. The Hall–Kier alpha value is -2.22. The minimum absolute atomic E-state index is 0.584. The second-order valence-electron chi connectivity index (χ2n) is 11.3. The van der Waals surface area contributed by atoms with Gasteiger partial charge in [0.15, 0.2) is 0 Å². The van der Waals surface area contributed by atoms with E-state index >= 15 is 0 Å². The maximum atomic E-state index is 4.93. The maximum absolute atomic E-state index is 4.93. The van der Waals surface area contributed by atoms with Gasteiger partial charge in [0.1, 0.15) is 0 Å². The molecule has 0 heterocycles. The third kappa shape index (κ3) is 9.39. The van der Waals surface area contributed by atoms with Crippen LogP contribution in [0.2, 0.25) is 13.1 Å². The Labute approximate surface area is 280 Å². The van der Waals surface area contributed by atoms with Gasteiger partial charge in [0.05, 0.1) is 0 Å². The molecule has 0 saturated heterocycles. The molecule has 0 aliphatic carbocycles. The van der Waals surface area contributed by atoms with Crippen LogP contribution >= 0.6 is 17.0 Å². The summed E-state index contributed by atoms with van der Waals surface area (Å²) in [6.07, 6.45) is 0. The van der Waals surface area contributed by atoms with Crippen molar-refractivity contribution in [2.75, 3.05) is 0 Å². The first-order chi connectivity index (χ1) is 20.6. The average molecular weight is 701 g/mol. The molecule has 0 nitrogen and oxygen atoms in total. The van der Waals surface area contributed by atoms with E-state index in [-0.39, 0.29) is 0 Å². The number of hydrogen-bond acceptors (Lipinski definition) is 0. The van der Waals surface area contributed by atoms with Crippen LogP contribution in [0.15, 0.2) is 103 Å². The van der Waals surface area contributed by atoms with Gasteiger partial charge in [0.2, 0.25) is 0 Å². The molecule has 0 N–H and O–H groups in total. The van der Waals surface area contributed by atoms with Crippen LogP contribution in [0.1, 0.15) is 47.6 Å². The quantitative estimate of drug-likeness (QED) is 0.127. The molecule has 0 fully saturated rings. The summed E-state index contributed by atoms with van der Waals surface area (Å²) in [6, 6.07) is 37.6. The van der Waals surface area contributed by atoms with Crippen LogP contribution in [-0.2, 0) is 20.8 Å². The fraction of sp³-hybridized carbons (Fsp3) is 0.231. The first-order valence-corrected chi connectivity index (χ1v) is 23.0. The van der Waals surface area contributed by atoms with Gasteiger partial charge in [0, 0.05) is 9.52 Å². The number of fused-ring (bicyclic) bond motifs is 2. The molecule has 4 heteroatoms. The molecule has 0 atom stereocenters. The van der Waals surface area contributed by atoms with E-state index in [0.717, 1.165) is 9.52 Å². The number of benzene rings is 4. The predicted octanol–water partition coefficient (Wildman–Crippen LogP) is 13.0. The Morgan fingerprint density at radius 1 is 0.651 bits per heavy atom. The summed E-state index contributed by atoms with van der Waals surface area (Å²) in [5, 5.41) is 5.48. The number of hydrogen-bond donors (Lipinski definition) is 0. The van der Waals surface area contributed by atoms with E-state index < -0.39 is 20.8 Å². The third-order valence-corrected chi connectivity index (χ3v) is 7.45. The summed E-state index contributed by atoms with van der Waals surface area (Å²) in [5.41, 5.74) is 12.1. The monoisotopic (exact) mass is 698 g/mol. The van der Waals surface area contributed by atoms with Crippen LogP contribution in [0.5, 0.6) is 0 Å². The normalized spacial score (nSPS) is 10.3. The van der Waals surface area contributed by atoms with E-state index in [2.05, 4.69) is 158 Å². The SMILES string of the molecule is CC(C)c1cc2c(-c3ccccc3)cccc2[cH-]1.C[Si]C.Cc1ccc(-c2ccc(C)c3[cH-]c(C)cc23)c(C)c1.[Cl][Zr+2][Cl]. The summed E-state index contributed by atoms with van der Waals surface area (Å²) in [6.45, 7) is 17.5. The van der Waals surface area contributed by atoms with Gasteiger partial charge in [-0.1, -0.05) is 118 Å². The Kier molecular flexibility index (Phi) is 14.2.